The third-order valence-electron chi connectivity index (χ3n) is 7.34. The first kappa shape index (κ1) is 25.2. The van der Waals surface area contributed by atoms with E-state index in [4.69, 9.17) is 11.6 Å². The van der Waals surface area contributed by atoms with Gasteiger partial charge in [0.25, 0.3) is 11.7 Å². The highest BCUT2D eigenvalue weighted by Crippen LogP contribution is 2.43. The summed E-state index contributed by atoms with van der Waals surface area (Å²) in [6, 6.07) is 16.4. The molecule has 0 spiro atoms. The van der Waals surface area contributed by atoms with Crippen LogP contribution in [0.1, 0.15) is 67.5 Å². The SMILES string of the molecule is CC(C)(C)c1ccc(C2/C(=C(/O)c3ccc4c(c3)CCCC4)C(=O)C(=O)N2c2ccc(F)c(Cl)c2)cc1. The predicted octanol–water partition coefficient (Wildman–Crippen LogP) is 7.28. The van der Waals surface area contributed by atoms with E-state index in [9.17, 15) is 19.1 Å². The molecule has 1 N–H and O–H groups in total. The fourth-order valence-corrected chi connectivity index (χ4v) is 5.43. The van der Waals surface area contributed by atoms with Crippen LogP contribution in [0.2, 0.25) is 5.02 Å². The van der Waals surface area contributed by atoms with Crippen LogP contribution in [0.4, 0.5) is 10.1 Å². The van der Waals surface area contributed by atoms with Gasteiger partial charge in [-0.1, -0.05) is 68.8 Å². The molecule has 1 unspecified atom stereocenters. The van der Waals surface area contributed by atoms with Gasteiger partial charge < -0.3 is 5.11 Å². The first-order valence-electron chi connectivity index (χ1n) is 12.5. The molecular weight excluding hydrogens is 489 g/mol. The number of amides is 1. The fraction of sp³-hybridized carbons (Fsp3) is 0.290. The minimum absolute atomic E-state index is 0.00437. The molecule has 1 fully saturated rings. The molecule has 0 radical (unpaired) electrons. The van der Waals surface area contributed by atoms with Crippen molar-refractivity contribution < 1.29 is 19.1 Å². The number of hydrogen-bond acceptors (Lipinski definition) is 3. The van der Waals surface area contributed by atoms with Gasteiger partial charge >= 0.3 is 0 Å². The minimum Gasteiger partial charge on any atom is -0.507 e. The first-order chi connectivity index (χ1) is 17.6. The van der Waals surface area contributed by atoms with Gasteiger partial charge in [-0.25, -0.2) is 4.39 Å². The van der Waals surface area contributed by atoms with Crippen LogP contribution in [0, 0.1) is 5.82 Å². The zero-order chi connectivity index (χ0) is 26.5. The van der Waals surface area contributed by atoms with E-state index < -0.39 is 23.5 Å². The Morgan fingerprint density at radius 1 is 0.946 bits per heavy atom. The fourth-order valence-electron chi connectivity index (χ4n) is 5.25. The summed E-state index contributed by atoms with van der Waals surface area (Å²) >= 11 is 6.04. The lowest BCUT2D eigenvalue weighted by atomic mass is 9.85. The molecule has 3 aromatic carbocycles. The van der Waals surface area contributed by atoms with Crippen LogP contribution in [-0.2, 0) is 27.8 Å². The Kier molecular flexibility index (Phi) is 6.45. The van der Waals surface area contributed by atoms with E-state index in [1.165, 1.54) is 28.7 Å². The van der Waals surface area contributed by atoms with E-state index in [1.54, 1.807) is 6.07 Å². The van der Waals surface area contributed by atoms with E-state index in [1.807, 2.05) is 36.4 Å². The van der Waals surface area contributed by atoms with Gasteiger partial charge in [-0.3, -0.25) is 14.5 Å². The monoisotopic (exact) mass is 517 g/mol. The quantitative estimate of drug-likeness (QED) is 0.225. The normalized spacial score (nSPS) is 19.3. The van der Waals surface area contributed by atoms with Gasteiger partial charge in [0, 0.05) is 11.3 Å². The summed E-state index contributed by atoms with van der Waals surface area (Å²) in [5.41, 5.74) is 4.85. The number of fused-ring (bicyclic) bond motifs is 1. The number of aliphatic hydroxyl groups excluding tert-OH is 1. The molecule has 5 rings (SSSR count). The van der Waals surface area contributed by atoms with E-state index in [-0.39, 0.29) is 27.5 Å². The number of carbonyl (C=O) groups excluding carboxylic acids is 2. The number of Topliss-reactive ketones (excluding diaryl/α,β-unsaturated/α-hetero) is 1. The molecule has 0 bridgehead atoms. The Morgan fingerprint density at radius 3 is 2.27 bits per heavy atom. The number of halogens is 2. The zero-order valence-corrected chi connectivity index (χ0v) is 21.9. The zero-order valence-electron chi connectivity index (χ0n) is 21.1. The van der Waals surface area contributed by atoms with Gasteiger partial charge in [-0.05, 0) is 77.6 Å². The highest BCUT2D eigenvalue weighted by atomic mass is 35.5. The second kappa shape index (κ2) is 9.46. The van der Waals surface area contributed by atoms with Crippen molar-refractivity contribution in [1.29, 1.82) is 0 Å². The number of carbonyl (C=O) groups is 2. The molecule has 0 saturated carbocycles. The summed E-state index contributed by atoms with van der Waals surface area (Å²) in [5.74, 6) is -2.43. The Balaban J connectivity index is 1.69. The maximum Gasteiger partial charge on any atom is 0.300 e. The van der Waals surface area contributed by atoms with Crippen molar-refractivity contribution in [3.05, 3.63) is 105 Å². The average Bonchev–Trinajstić information content (AvgIpc) is 3.14. The topological polar surface area (TPSA) is 57.6 Å². The van der Waals surface area contributed by atoms with Crippen molar-refractivity contribution in [2.24, 2.45) is 0 Å². The smallest absolute Gasteiger partial charge is 0.300 e. The van der Waals surface area contributed by atoms with Gasteiger partial charge in [0.2, 0.25) is 0 Å². The second-order valence-electron chi connectivity index (χ2n) is 10.8. The largest absolute Gasteiger partial charge is 0.507 e. The number of aliphatic hydroxyl groups is 1. The molecule has 1 heterocycles. The van der Waals surface area contributed by atoms with E-state index in [0.717, 1.165) is 36.8 Å². The third-order valence-corrected chi connectivity index (χ3v) is 7.63. The molecule has 2 aliphatic rings. The van der Waals surface area contributed by atoms with Crippen molar-refractivity contribution in [2.75, 3.05) is 4.90 Å². The highest BCUT2D eigenvalue weighted by Gasteiger charge is 2.47. The van der Waals surface area contributed by atoms with Crippen LogP contribution < -0.4 is 4.90 Å². The average molecular weight is 518 g/mol. The molecule has 6 heteroatoms. The van der Waals surface area contributed by atoms with E-state index in [0.29, 0.717) is 11.1 Å². The molecular formula is C31H29ClFNO3. The Bertz CT molecular complexity index is 1440. The van der Waals surface area contributed by atoms with Crippen LogP contribution in [0.25, 0.3) is 5.76 Å². The van der Waals surface area contributed by atoms with Gasteiger partial charge in [0.1, 0.15) is 11.6 Å². The Morgan fingerprint density at radius 2 is 1.62 bits per heavy atom. The molecule has 37 heavy (non-hydrogen) atoms. The Labute approximate surface area is 221 Å². The molecule has 1 saturated heterocycles. The summed E-state index contributed by atoms with van der Waals surface area (Å²) in [6.07, 6.45) is 4.12. The first-order valence-corrected chi connectivity index (χ1v) is 12.9. The van der Waals surface area contributed by atoms with Gasteiger partial charge in [-0.2, -0.15) is 0 Å². The number of anilines is 1. The molecule has 4 nitrogen and oxygen atoms in total. The van der Waals surface area contributed by atoms with Crippen molar-refractivity contribution in [3.63, 3.8) is 0 Å². The standard InChI is InChI=1S/C31H29ClFNO3/c1-31(2,3)22-12-10-19(11-13-22)27-26(28(35)21-9-8-18-6-4-5-7-20(18)16-21)29(36)30(37)34(27)23-14-15-25(33)24(32)17-23/h8-17,27,35H,4-7H2,1-3H3/b28-26-. The van der Waals surface area contributed by atoms with Gasteiger partial charge in [-0.15, -0.1) is 0 Å². The molecule has 0 aromatic heterocycles. The van der Waals surface area contributed by atoms with Crippen molar-refractivity contribution in [2.45, 2.75) is 57.9 Å². The van der Waals surface area contributed by atoms with Crippen LogP contribution in [0.3, 0.4) is 0 Å². The van der Waals surface area contributed by atoms with Crippen molar-refractivity contribution >= 4 is 34.7 Å². The summed E-state index contributed by atoms with van der Waals surface area (Å²) < 4.78 is 13.9. The summed E-state index contributed by atoms with van der Waals surface area (Å²) in [5, 5.41) is 11.3. The number of nitrogens with zero attached hydrogens (tertiary/aromatic N) is 1. The number of aryl methyl sites for hydroxylation is 2. The van der Waals surface area contributed by atoms with Crippen molar-refractivity contribution in [1.82, 2.24) is 0 Å². The lowest BCUT2D eigenvalue weighted by Crippen LogP contribution is -2.29. The number of hydrogen-bond donors (Lipinski definition) is 1. The molecule has 190 valence electrons. The molecule has 1 aliphatic carbocycles. The number of benzene rings is 3. The molecule has 1 aliphatic heterocycles. The Hall–Kier alpha value is -3.44. The predicted molar refractivity (Wildman–Crippen MR) is 144 cm³/mol. The maximum absolute atomic E-state index is 13.9. The second-order valence-corrected chi connectivity index (χ2v) is 11.2. The summed E-state index contributed by atoms with van der Waals surface area (Å²) in [7, 11) is 0. The highest BCUT2D eigenvalue weighted by molar-refractivity contribution is 6.51. The van der Waals surface area contributed by atoms with Crippen molar-refractivity contribution in [3.8, 4) is 0 Å². The van der Waals surface area contributed by atoms with Crippen LogP contribution >= 0.6 is 11.6 Å². The lowest BCUT2D eigenvalue weighted by Gasteiger charge is -2.27. The number of ketones is 1. The van der Waals surface area contributed by atoms with Crippen LogP contribution in [-0.4, -0.2) is 16.8 Å². The maximum atomic E-state index is 13.9. The lowest BCUT2D eigenvalue weighted by molar-refractivity contribution is -0.132. The van der Waals surface area contributed by atoms with E-state index in [2.05, 4.69) is 20.8 Å². The molecule has 1 amide bonds. The van der Waals surface area contributed by atoms with Gasteiger partial charge in [0.05, 0.1) is 16.6 Å². The van der Waals surface area contributed by atoms with Crippen LogP contribution in [0.15, 0.2) is 66.2 Å². The van der Waals surface area contributed by atoms with Crippen LogP contribution in [0.5, 0.6) is 0 Å². The summed E-state index contributed by atoms with van der Waals surface area (Å²) in [6.45, 7) is 6.31. The number of rotatable bonds is 3. The molecule has 1 atom stereocenters. The molecule has 3 aromatic rings. The minimum atomic E-state index is -0.897. The van der Waals surface area contributed by atoms with E-state index >= 15 is 0 Å². The summed E-state index contributed by atoms with van der Waals surface area (Å²) in [4.78, 5) is 28.1. The third kappa shape index (κ3) is 4.57. The van der Waals surface area contributed by atoms with Gasteiger partial charge in [0.15, 0.2) is 0 Å².